The highest BCUT2D eigenvalue weighted by molar-refractivity contribution is 5.93. The molecule has 0 aliphatic carbocycles. The number of hydrogen-bond donors (Lipinski definition) is 2. The molecule has 2 N–H and O–H groups in total. The van der Waals surface area contributed by atoms with Gasteiger partial charge in [0.15, 0.2) is 0 Å². The maximum Gasteiger partial charge on any atom is 0.417 e. The van der Waals surface area contributed by atoms with Crippen LogP contribution in [0.15, 0.2) is 24.3 Å². The molecule has 0 saturated carbocycles. The number of aromatic nitrogens is 1. The maximum absolute atomic E-state index is 11.9. The van der Waals surface area contributed by atoms with Crippen LogP contribution in [0.3, 0.4) is 0 Å². The molecule has 2 aromatic rings. The van der Waals surface area contributed by atoms with Gasteiger partial charge in [0.25, 0.3) is 0 Å². The van der Waals surface area contributed by atoms with Crippen molar-refractivity contribution in [2.24, 2.45) is 0 Å². The van der Waals surface area contributed by atoms with Gasteiger partial charge in [-0.25, -0.2) is 9.36 Å². The summed E-state index contributed by atoms with van der Waals surface area (Å²) in [5.74, 6) is -0.232. The van der Waals surface area contributed by atoms with Crippen LogP contribution in [-0.4, -0.2) is 28.3 Å². The van der Waals surface area contributed by atoms with Gasteiger partial charge in [0.05, 0.1) is 11.8 Å². The molecule has 1 aromatic carbocycles. The first-order chi connectivity index (χ1) is 12.6. The van der Waals surface area contributed by atoms with Gasteiger partial charge in [-0.2, -0.15) is 5.26 Å². The molecule has 1 unspecified atom stereocenters. The predicted molar refractivity (Wildman–Crippen MR) is 99.7 cm³/mol. The first-order valence-electron chi connectivity index (χ1n) is 8.59. The number of ether oxygens (including phenoxy) is 1. The summed E-state index contributed by atoms with van der Waals surface area (Å²) >= 11 is 0. The van der Waals surface area contributed by atoms with Gasteiger partial charge in [0, 0.05) is 11.3 Å². The monoisotopic (exact) mass is 367 g/mol. The number of hydrogen-bond acceptors (Lipinski definition) is 4. The number of nitriles is 1. The van der Waals surface area contributed by atoms with Gasteiger partial charge in [-0.15, -0.1) is 0 Å². The smallest absolute Gasteiger partial charge is 0.417 e. The summed E-state index contributed by atoms with van der Waals surface area (Å²) in [6.07, 6.45) is -1.55. The lowest BCUT2D eigenvalue weighted by Gasteiger charge is -2.17. The van der Waals surface area contributed by atoms with Crippen molar-refractivity contribution >= 4 is 17.7 Å². The molecule has 27 heavy (non-hydrogen) atoms. The van der Waals surface area contributed by atoms with Gasteiger partial charge in [-0.05, 0) is 41.7 Å². The van der Waals surface area contributed by atoms with Crippen molar-refractivity contribution in [2.45, 2.75) is 39.2 Å². The number of carbonyl (C=O) groups excluding carboxylic acids is 1. The molecule has 0 radical (unpaired) electrons. The van der Waals surface area contributed by atoms with Crippen LogP contribution in [0.1, 0.15) is 50.6 Å². The van der Waals surface area contributed by atoms with Crippen LogP contribution in [0.5, 0.6) is 0 Å². The number of amides is 1. The van der Waals surface area contributed by atoms with Gasteiger partial charge in [-0.1, -0.05) is 26.8 Å². The predicted octanol–water partition coefficient (Wildman–Crippen LogP) is 3.88. The van der Waals surface area contributed by atoms with E-state index in [0.717, 1.165) is 10.1 Å². The SMILES string of the molecule is CC1OCC(=O)Nc2ccc(-c3cc(C(C)(C)C)c(C#N)n3C(=O)O)cc21. The molecule has 3 rings (SSSR count). The van der Waals surface area contributed by atoms with Crippen LogP contribution >= 0.6 is 0 Å². The lowest BCUT2D eigenvalue weighted by atomic mass is 9.87. The Balaban J connectivity index is 2.23. The van der Waals surface area contributed by atoms with E-state index in [-0.39, 0.29) is 24.3 Å². The number of fused-ring (bicyclic) bond motifs is 1. The summed E-state index contributed by atoms with van der Waals surface area (Å²) in [5, 5.41) is 22.1. The number of carboxylic acid groups (broad SMARTS) is 1. The highest BCUT2D eigenvalue weighted by atomic mass is 16.5. The molecule has 0 fully saturated rings. The van der Waals surface area contributed by atoms with Crippen LogP contribution in [0.4, 0.5) is 10.5 Å². The van der Waals surface area contributed by atoms with Crippen molar-refractivity contribution in [3.63, 3.8) is 0 Å². The molecular formula is C20H21N3O4. The third kappa shape index (κ3) is 3.32. The van der Waals surface area contributed by atoms with E-state index in [2.05, 4.69) is 5.32 Å². The average Bonchev–Trinajstić information content (AvgIpc) is 2.93. The zero-order valence-electron chi connectivity index (χ0n) is 15.7. The van der Waals surface area contributed by atoms with Crippen LogP contribution < -0.4 is 5.32 Å². The summed E-state index contributed by atoms with van der Waals surface area (Å²) in [6, 6.07) is 9.04. The highest BCUT2D eigenvalue weighted by Crippen LogP contribution is 2.36. The second-order valence-electron chi connectivity index (χ2n) is 7.58. The molecule has 1 atom stereocenters. The van der Waals surface area contributed by atoms with Gasteiger partial charge in [0.1, 0.15) is 18.4 Å². The van der Waals surface area contributed by atoms with Crippen molar-refractivity contribution in [1.29, 1.82) is 5.26 Å². The largest absolute Gasteiger partial charge is 0.464 e. The van der Waals surface area contributed by atoms with Crippen molar-refractivity contribution in [1.82, 2.24) is 4.57 Å². The summed E-state index contributed by atoms with van der Waals surface area (Å²) < 4.78 is 6.54. The first-order valence-corrected chi connectivity index (χ1v) is 8.59. The van der Waals surface area contributed by atoms with Crippen LogP contribution in [0.2, 0.25) is 0 Å². The Morgan fingerprint density at radius 3 is 2.67 bits per heavy atom. The number of benzene rings is 1. The number of rotatable bonds is 1. The Labute approximate surface area is 157 Å². The van der Waals surface area contributed by atoms with E-state index in [1.807, 2.05) is 33.8 Å². The van der Waals surface area contributed by atoms with Gasteiger partial charge < -0.3 is 15.2 Å². The molecule has 0 saturated heterocycles. The molecular weight excluding hydrogens is 346 g/mol. The zero-order chi connectivity index (χ0) is 19.9. The number of nitrogens with zero attached hydrogens (tertiary/aromatic N) is 2. The van der Waals surface area contributed by atoms with E-state index in [1.54, 1.807) is 24.3 Å². The summed E-state index contributed by atoms with van der Waals surface area (Å²) in [5.41, 5.74) is 2.82. The van der Waals surface area contributed by atoms with Crippen LogP contribution in [0.25, 0.3) is 11.3 Å². The lowest BCUT2D eigenvalue weighted by Crippen LogP contribution is -2.16. The molecule has 0 bridgehead atoms. The quantitative estimate of drug-likeness (QED) is 0.796. The number of carbonyl (C=O) groups is 2. The molecule has 1 amide bonds. The minimum Gasteiger partial charge on any atom is -0.464 e. The fraction of sp³-hybridized carbons (Fsp3) is 0.350. The Morgan fingerprint density at radius 1 is 1.37 bits per heavy atom. The third-order valence-corrected chi connectivity index (χ3v) is 4.63. The summed E-state index contributed by atoms with van der Waals surface area (Å²) in [6.45, 7) is 7.59. The first kappa shape index (κ1) is 18.7. The van der Waals surface area contributed by atoms with Gasteiger partial charge in [0.2, 0.25) is 5.91 Å². The van der Waals surface area contributed by atoms with Crippen LogP contribution in [-0.2, 0) is 14.9 Å². The van der Waals surface area contributed by atoms with E-state index in [0.29, 0.717) is 22.5 Å². The van der Waals surface area contributed by atoms with Gasteiger partial charge >= 0.3 is 6.09 Å². The minimum atomic E-state index is -1.22. The molecule has 1 aliphatic rings. The standard InChI is InChI=1S/C20H21N3O4/c1-11-13-7-12(5-6-15(13)22-18(24)10-27-11)16-8-14(20(2,3)4)17(9-21)23(16)19(25)26/h5-8,11H,10H2,1-4H3,(H,22,24)(H,25,26). The van der Waals surface area contributed by atoms with E-state index >= 15 is 0 Å². The molecule has 0 spiro atoms. The van der Waals surface area contributed by atoms with Crippen LogP contribution in [0, 0.1) is 11.3 Å². The van der Waals surface area contributed by atoms with Gasteiger partial charge in [-0.3, -0.25) is 4.79 Å². The third-order valence-electron chi connectivity index (χ3n) is 4.63. The highest BCUT2D eigenvalue weighted by Gasteiger charge is 2.28. The van der Waals surface area contributed by atoms with Crippen molar-refractivity contribution < 1.29 is 19.4 Å². The van der Waals surface area contributed by atoms with E-state index in [1.165, 1.54) is 0 Å². The second kappa shape index (κ2) is 6.56. The summed E-state index contributed by atoms with van der Waals surface area (Å²) in [7, 11) is 0. The maximum atomic E-state index is 11.9. The minimum absolute atomic E-state index is 0.0383. The van der Waals surface area contributed by atoms with Crippen molar-refractivity contribution in [3.05, 3.63) is 41.1 Å². The molecule has 1 aromatic heterocycles. The van der Waals surface area contributed by atoms with E-state index < -0.39 is 11.5 Å². The fourth-order valence-electron chi connectivity index (χ4n) is 3.25. The second-order valence-corrected chi connectivity index (χ2v) is 7.58. The fourth-order valence-corrected chi connectivity index (χ4v) is 3.25. The van der Waals surface area contributed by atoms with Crippen molar-refractivity contribution in [2.75, 3.05) is 11.9 Å². The van der Waals surface area contributed by atoms with E-state index in [4.69, 9.17) is 4.74 Å². The molecule has 140 valence electrons. The normalized spacial score (nSPS) is 16.9. The summed E-state index contributed by atoms with van der Waals surface area (Å²) in [4.78, 5) is 23.6. The average molecular weight is 367 g/mol. The Kier molecular flexibility index (Phi) is 4.54. The number of nitrogens with one attached hydrogen (secondary N) is 1. The van der Waals surface area contributed by atoms with E-state index in [9.17, 15) is 20.0 Å². The Hall–Kier alpha value is -3.11. The zero-order valence-corrected chi connectivity index (χ0v) is 15.7. The Morgan fingerprint density at radius 2 is 2.07 bits per heavy atom. The number of anilines is 1. The Bertz CT molecular complexity index is 976. The lowest BCUT2D eigenvalue weighted by molar-refractivity contribution is -0.121. The molecule has 2 heterocycles. The molecule has 7 nitrogen and oxygen atoms in total. The molecule has 1 aliphatic heterocycles. The topological polar surface area (TPSA) is 104 Å². The molecule has 7 heteroatoms. The van der Waals surface area contributed by atoms with Crippen molar-refractivity contribution in [3.8, 4) is 17.3 Å².